The standard InChI is InChI=1S/C5H11ClFNOSi/c1-10(2,3)8-5(9)4(6)7/h4H,1-3H3,(H,8,9). The summed E-state index contributed by atoms with van der Waals surface area (Å²) < 4.78 is 12.0. The lowest BCUT2D eigenvalue weighted by molar-refractivity contribution is -0.121. The molecule has 2 nitrogen and oxygen atoms in total. The minimum Gasteiger partial charge on any atom is -0.379 e. The maximum atomic E-state index is 12.0. The smallest absolute Gasteiger partial charge is 0.262 e. The molecule has 0 aliphatic heterocycles. The topological polar surface area (TPSA) is 29.1 Å². The highest BCUT2D eigenvalue weighted by atomic mass is 35.5. The van der Waals surface area contributed by atoms with Crippen molar-refractivity contribution in [3.05, 3.63) is 0 Å². The Morgan fingerprint density at radius 3 is 2.10 bits per heavy atom. The summed E-state index contributed by atoms with van der Waals surface area (Å²) in [6.45, 7) is 5.68. The van der Waals surface area contributed by atoms with E-state index >= 15 is 0 Å². The Kier molecular flexibility index (Phi) is 3.31. The van der Waals surface area contributed by atoms with Gasteiger partial charge in [-0.2, -0.15) is 0 Å². The number of hydrogen-bond donors (Lipinski definition) is 1. The first kappa shape index (κ1) is 9.91. The van der Waals surface area contributed by atoms with Gasteiger partial charge in [0.15, 0.2) is 0 Å². The van der Waals surface area contributed by atoms with Crippen LogP contribution >= 0.6 is 11.6 Å². The van der Waals surface area contributed by atoms with E-state index in [0.29, 0.717) is 0 Å². The van der Waals surface area contributed by atoms with Gasteiger partial charge in [-0.25, -0.2) is 4.39 Å². The van der Waals surface area contributed by atoms with Crippen molar-refractivity contribution < 1.29 is 9.18 Å². The second-order valence-corrected chi connectivity index (χ2v) is 8.17. The van der Waals surface area contributed by atoms with Gasteiger partial charge < -0.3 is 4.98 Å². The van der Waals surface area contributed by atoms with E-state index in [0.717, 1.165) is 0 Å². The molecule has 60 valence electrons. The fourth-order valence-corrected chi connectivity index (χ4v) is 1.44. The van der Waals surface area contributed by atoms with Crippen LogP contribution in [0.2, 0.25) is 19.6 Å². The Hall–Kier alpha value is -0.0931. The monoisotopic (exact) mass is 183 g/mol. The van der Waals surface area contributed by atoms with Crippen LogP contribution in [0.4, 0.5) is 4.39 Å². The maximum absolute atomic E-state index is 12.0. The number of amides is 1. The zero-order valence-corrected chi connectivity index (χ0v) is 8.00. The Bertz CT molecular complexity index is 134. The Labute approximate surface area is 65.8 Å². The van der Waals surface area contributed by atoms with Crippen LogP contribution in [0, 0.1) is 0 Å². The van der Waals surface area contributed by atoms with Crippen LogP contribution in [-0.2, 0) is 4.79 Å². The molecular formula is C5H11ClFNOSi. The summed E-state index contributed by atoms with van der Waals surface area (Å²) in [5.74, 6) is -0.721. The van der Waals surface area contributed by atoms with Gasteiger partial charge in [-0.15, -0.1) is 0 Å². The van der Waals surface area contributed by atoms with Crippen LogP contribution in [-0.4, -0.2) is 19.8 Å². The lowest BCUT2D eigenvalue weighted by Crippen LogP contribution is -2.47. The third-order valence-electron chi connectivity index (χ3n) is 0.696. The highest BCUT2D eigenvalue weighted by molar-refractivity contribution is 6.76. The molecule has 0 aliphatic rings. The summed E-state index contributed by atoms with van der Waals surface area (Å²) in [4.78, 5) is 13.1. The lowest BCUT2D eigenvalue weighted by atomic mass is 10.7. The summed E-state index contributed by atoms with van der Waals surface area (Å²) >= 11 is 4.88. The first-order valence-corrected chi connectivity index (χ1v) is 6.87. The molecule has 0 aromatic carbocycles. The Morgan fingerprint density at radius 2 is 2.00 bits per heavy atom. The molecule has 0 saturated heterocycles. The van der Waals surface area contributed by atoms with Gasteiger partial charge in [0.1, 0.15) is 8.24 Å². The van der Waals surface area contributed by atoms with E-state index in [9.17, 15) is 9.18 Å². The molecule has 10 heavy (non-hydrogen) atoms. The number of rotatable bonds is 2. The molecule has 0 bridgehead atoms. The quantitative estimate of drug-likeness (QED) is 0.510. The molecular weight excluding hydrogens is 173 g/mol. The van der Waals surface area contributed by atoms with Gasteiger partial charge in [-0.05, 0) is 0 Å². The van der Waals surface area contributed by atoms with E-state index < -0.39 is 19.8 Å². The van der Waals surface area contributed by atoms with Crippen molar-refractivity contribution in [2.24, 2.45) is 0 Å². The van der Waals surface area contributed by atoms with Crippen molar-refractivity contribution in [1.29, 1.82) is 0 Å². The number of carbonyl (C=O) groups is 1. The first-order chi connectivity index (χ1) is 4.33. The van der Waals surface area contributed by atoms with Crippen molar-refractivity contribution in [3.63, 3.8) is 0 Å². The van der Waals surface area contributed by atoms with Crippen molar-refractivity contribution in [1.82, 2.24) is 4.98 Å². The first-order valence-electron chi connectivity index (χ1n) is 2.93. The summed E-state index contributed by atoms with van der Waals surface area (Å²) in [6, 6.07) is 0. The summed E-state index contributed by atoms with van der Waals surface area (Å²) in [5, 5.41) is 0. The van der Waals surface area contributed by atoms with E-state index in [-0.39, 0.29) is 0 Å². The van der Waals surface area contributed by atoms with Crippen LogP contribution in [0.25, 0.3) is 0 Å². The fourth-order valence-electron chi connectivity index (χ4n) is 0.424. The average Bonchev–Trinajstić information content (AvgIpc) is 1.60. The predicted molar refractivity (Wildman–Crippen MR) is 42.2 cm³/mol. The van der Waals surface area contributed by atoms with Gasteiger partial charge in [0, 0.05) is 0 Å². The van der Waals surface area contributed by atoms with Crippen LogP contribution in [0.5, 0.6) is 0 Å². The normalized spacial score (nSPS) is 14.5. The molecule has 0 heterocycles. The molecule has 0 radical (unpaired) electrons. The molecule has 0 aliphatic carbocycles. The van der Waals surface area contributed by atoms with Crippen LogP contribution in [0.1, 0.15) is 0 Å². The van der Waals surface area contributed by atoms with Crippen LogP contribution in [0.3, 0.4) is 0 Å². The van der Waals surface area contributed by atoms with E-state index in [1.165, 1.54) is 0 Å². The molecule has 5 heteroatoms. The van der Waals surface area contributed by atoms with Crippen LogP contribution in [0.15, 0.2) is 0 Å². The molecule has 0 aromatic rings. The zero-order valence-electron chi connectivity index (χ0n) is 6.24. The van der Waals surface area contributed by atoms with E-state index in [1.807, 2.05) is 19.6 Å². The lowest BCUT2D eigenvalue weighted by Gasteiger charge is -2.17. The minimum absolute atomic E-state index is 0.721. The number of hydrogen-bond acceptors (Lipinski definition) is 1. The molecule has 1 amide bonds. The van der Waals surface area contributed by atoms with Crippen molar-refractivity contribution in [2.45, 2.75) is 25.3 Å². The second kappa shape index (κ2) is 3.34. The number of halogens is 2. The van der Waals surface area contributed by atoms with Gasteiger partial charge in [0.05, 0.1) is 0 Å². The fraction of sp³-hybridized carbons (Fsp3) is 0.800. The van der Waals surface area contributed by atoms with E-state index in [2.05, 4.69) is 4.98 Å². The number of carbonyl (C=O) groups excluding carboxylic acids is 1. The third kappa shape index (κ3) is 4.75. The summed E-state index contributed by atoms with van der Waals surface area (Å²) in [5.41, 5.74) is -1.91. The van der Waals surface area contributed by atoms with Gasteiger partial charge in [0.2, 0.25) is 5.63 Å². The van der Waals surface area contributed by atoms with Crippen LogP contribution < -0.4 is 4.98 Å². The zero-order chi connectivity index (χ0) is 8.36. The Morgan fingerprint density at radius 1 is 1.60 bits per heavy atom. The maximum Gasteiger partial charge on any atom is 0.262 e. The van der Waals surface area contributed by atoms with Crippen molar-refractivity contribution in [2.75, 3.05) is 0 Å². The van der Waals surface area contributed by atoms with Gasteiger partial charge in [-0.1, -0.05) is 31.2 Å². The Balaban J connectivity index is 3.81. The van der Waals surface area contributed by atoms with E-state index in [4.69, 9.17) is 11.6 Å². The third-order valence-corrected chi connectivity index (χ3v) is 1.89. The minimum atomic E-state index is -1.91. The van der Waals surface area contributed by atoms with Gasteiger partial charge >= 0.3 is 0 Å². The van der Waals surface area contributed by atoms with Crippen molar-refractivity contribution >= 4 is 25.7 Å². The molecule has 0 aromatic heterocycles. The SMILES string of the molecule is C[Si](C)(C)NC(=O)C(F)Cl. The molecule has 0 spiro atoms. The molecule has 1 atom stereocenters. The van der Waals surface area contributed by atoms with E-state index in [1.54, 1.807) is 0 Å². The second-order valence-electron chi connectivity index (χ2n) is 3.04. The summed E-state index contributed by atoms with van der Waals surface area (Å²) in [7, 11) is -1.71. The predicted octanol–water partition coefficient (Wildman–Crippen LogP) is 1.47. The molecule has 1 unspecified atom stereocenters. The molecule has 0 fully saturated rings. The molecule has 1 N–H and O–H groups in total. The number of nitrogens with one attached hydrogen (secondary N) is 1. The average molecular weight is 184 g/mol. The molecule has 0 saturated carbocycles. The van der Waals surface area contributed by atoms with Crippen molar-refractivity contribution in [3.8, 4) is 0 Å². The van der Waals surface area contributed by atoms with Gasteiger partial charge in [-0.3, -0.25) is 4.79 Å². The number of alkyl halides is 2. The highest BCUT2D eigenvalue weighted by Crippen LogP contribution is 2.00. The highest BCUT2D eigenvalue weighted by Gasteiger charge is 2.21. The van der Waals surface area contributed by atoms with Gasteiger partial charge in [0.25, 0.3) is 5.91 Å². The summed E-state index contributed by atoms with van der Waals surface area (Å²) in [6.07, 6.45) is 0. The molecule has 0 rings (SSSR count). The largest absolute Gasteiger partial charge is 0.379 e.